The molecule has 1 unspecified atom stereocenters. The van der Waals surface area contributed by atoms with E-state index in [2.05, 4.69) is 20.8 Å². The average molecular weight is 325 g/mol. The van der Waals surface area contributed by atoms with Crippen molar-refractivity contribution in [1.29, 1.82) is 0 Å². The van der Waals surface area contributed by atoms with Gasteiger partial charge in [0.1, 0.15) is 0 Å². The highest BCUT2D eigenvalue weighted by Crippen LogP contribution is 2.31. The predicted octanol–water partition coefficient (Wildman–Crippen LogP) is 3.01. The zero-order valence-electron chi connectivity index (χ0n) is 14.4. The van der Waals surface area contributed by atoms with Crippen LogP contribution in [0.2, 0.25) is 0 Å². The van der Waals surface area contributed by atoms with Gasteiger partial charge in [-0.1, -0.05) is 32.9 Å². The number of aryl methyl sites for hydroxylation is 2. The molecule has 1 atom stereocenters. The summed E-state index contributed by atoms with van der Waals surface area (Å²) < 4.78 is 33.0. The van der Waals surface area contributed by atoms with Crippen LogP contribution in [0.4, 0.5) is 0 Å². The van der Waals surface area contributed by atoms with Gasteiger partial charge in [-0.3, -0.25) is 0 Å². The van der Waals surface area contributed by atoms with E-state index in [0.29, 0.717) is 24.6 Å². The third-order valence-corrected chi connectivity index (χ3v) is 6.30. The molecule has 0 saturated carbocycles. The number of benzene rings is 1. The molecule has 1 aromatic rings. The Morgan fingerprint density at radius 3 is 2.18 bits per heavy atom. The van der Waals surface area contributed by atoms with Gasteiger partial charge in [-0.2, -0.15) is 4.31 Å². The standard InChI is InChI=1S/C17H27NO3S/c1-12-9-15(17(4,5)6)10-13(2)16(12)22(19,20)18-7-8-21-14(3)11-18/h9-10,14H,7-8,11H2,1-6H3. The second-order valence-electron chi connectivity index (χ2n) is 7.23. The number of ether oxygens (including phenoxy) is 1. The first-order valence-electron chi connectivity index (χ1n) is 7.77. The fourth-order valence-corrected chi connectivity index (χ4v) is 4.83. The van der Waals surface area contributed by atoms with Crippen LogP contribution in [-0.4, -0.2) is 38.5 Å². The monoisotopic (exact) mass is 325 g/mol. The molecule has 1 aromatic carbocycles. The first-order chi connectivity index (χ1) is 10.0. The van der Waals surface area contributed by atoms with E-state index in [0.717, 1.165) is 16.7 Å². The summed E-state index contributed by atoms with van der Waals surface area (Å²) in [4.78, 5) is 0.453. The Labute approximate surface area is 134 Å². The van der Waals surface area contributed by atoms with Crippen LogP contribution < -0.4 is 0 Å². The van der Waals surface area contributed by atoms with Crippen molar-refractivity contribution in [3.8, 4) is 0 Å². The summed E-state index contributed by atoms with van der Waals surface area (Å²) in [6.07, 6.45) is -0.0574. The van der Waals surface area contributed by atoms with E-state index in [4.69, 9.17) is 4.74 Å². The van der Waals surface area contributed by atoms with Gasteiger partial charge < -0.3 is 4.74 Å². The fraction of sp³-hybridized carbons (Fsp3) is 0.647. The molecule has 0 spiro atoms. The zero-order chi connectivity index (χ0) is 16.7. The maximum Gasteiger partial charge on any atom is 0.243 e. The lowest BCUT2D eigenvalue weighted by Crippen LogP contribution is -2.44. The molecule has 0 bridgehead atoms. The largest absolute Gasteiger partial charge is 0.376 e. The summed E-state index contributed by atoms with van der Waals surface area (Å²) >= 11 is 0. The molecule has 22 heavy (non-hydrogen) atoms. The summed E-state index contributed by atoms with van der Waals surface area (Å²) in [5.41, 5.74) is 2.82. The molecule has 0 amide bonds. The minimum Gasteiger partial charge on any atom is -0.376 e. The molecular formula is C17H27NO3S. The number of sulfonamides is 1. The van der Waals surface area contributed by atoms with Crippen LogP contribution in [-0.2, 0) is 20.2 Å². The fourth-order valence-electron chi connectivity index (χ4n) is 2.92. The van der Waals surface area contributed by atoms with Crippen molar-refractivity contribution < 1.29 is 13.2 Å². The number of hydrogen-bond donors (Lipinski definition) is 0. The zero-order valence-corrected chi connectivity index (χ0v) is 15.3. The molecule has 4 nitrogen and oxygen atoms in total. The maximum atomic E-state index is 13.0. The smallest absolute Gasteiger partial charge is 0.243 e. The van der Waals surface area contributed by atoms with Crippen LogP contribution in [0.5, 0.6) is 0 Å². The minimum atomic E-state index is -3.47. The van der Waals surface area contributed by atoms with E-state index < -0.39 is 10.0 Å². The van der Waals surface area contributed by atoms with Gasteiger partial charge in [0.25, 0.3) is 0 Å². The Hall–Kier alpha value is -0.910. The van der Waals surface area contributed by atoms with Crippen molar-refractivity contribution in [1.82, 2.24) is 4.31 Å². The van der Waals surface area contributed by atoms with Crippen molar-refractivity contribution in [2.45, 2.75) is 58.0 Å². The first-order valence-corrected chi connectivity index (χ1v) is 9.21. The molecule has 1 aliphatic rings. The molecule has 1 heterocycles. The Morgan fingerprint density at radius 2 is 1.73 bits per heavy atom. The van der Waals surface area contributed by atoms with Crippen LogP contribution in [0.1, 0.15) is 44.4 Å². The Morgan fingerprint density at radius 1 is 1.18 bits per heavy atom. The summed E-state index contributed by atoms with van der Waals surface area (Å²) in [6.45, 7) is 13.4. The molecule has 0 aromatic heterocycles. The van der Waals surface area contributed by atoms with Crippen LogP contribution >= 0.6 is 0 Å². The summed E-state index contributed by atoms with van der Waals surface area (Å²) in [5.74, 6) is 0. The van der Waals surface area contributed by atoms with Crippen LogP contribution in [0.15, 0.2) is 17.0 Å². The van der Waals surface area contributed by atoms with Gasteiger partial charge in [-0.15, -0.1) is 0 Å². The third-order valence-electron chi connectivity index (χ3n) is 4.13. The van der Waals surface area contributed by atoms with E-state index in [1.54, 1.807) is 4.31 Å². The molecule has 0 aliphatic carbocycles. The predicted molar refractivity (Wildman–Crippen MR) is 88.8 cm³/mol. The van der Waals surface area contributed by atoms with Gasteiger partial charge in [0, 0.05) is 13.1 Å². The third kappa shape index (κ3) is 3.36. The van der Waals surface area contributed by atoms with E-state index >= 15 is 0 Å². The van der Waals surface area contributed by atoms with Gasteiger partial charge in [0.15, 0.2) is 0 Å². The lowest BCUT2D eigenvalue weighted by atomic mass is 9.85. The molecule has 2 rings (SSSR count). The molecule has 1 aliphatic heterocycles. The minimum absolute atomic E-state index is 0.00525. The topological polar surface area (TPSA) is 46.6 Å². The second kappa shape index (κ2) is 5.95. The highest BCUT2D eigenvalue weighted by Gasteiger charge is 2.32. The maximum absolute atomic E-state index is 13.0. The number of rotatable bonds is 2. The van der Waals surface area contributed by atoms with E-state index in [-0.39, 0.29) is 11.5 Å². The van der Waals surface area contributed by atoms with Crippen molar-refractivity contribution in [3.63, 3.8) is 0 Å². The Balaban J connectivity index is 2.48. The lowest BCUT2D eigenvalue weighted by Gasteiger charge is -2.31. The number of nitrogens with zero attached hydrogens (tertiary/aromatic N) is 1. The average Bonchev–Trinajstić information content (AvgIpc) is 2.36. The van der Waals surface area contributed by atoms with Crippen molar-refractivity contribution in [2.75, 3.05) is 19.7 Å². The van der Waals surface area contributed by atoms with Crippen LogP contribution in [0.25, 0.3) is 0 Å². The van der Waals surface area contributed by atoms with Gasteiger partial charge in [0.05, 0.1) is 17.6 Å². The van der Waals surface area contributed by atoms with Gasteiger partial charge >= 0.3 is 0 Å². The van der Waals surface area contributed by atoms with E-state index in [1.807, 2.05) is 32.9 Å². The number of morpholine rings is 1. The summed E-state index contributed by atoms with van der Waals surface area (Å²) in [7, 11) is -3.47. The van der Waals surface area contributed by atoms with Crippen molar-refractivity contribution in [3.05, 3.63) is 28.8 Å². The van der Waals surface area contributed by atoms with Crippen molar-refractivity contribution in [2.24, 2.45) is 0 Å². The molecule has 0 radical (unpaired) electrons. The van der Waals surface area contributed by atoms with Crippen molar-refractivity contribution >= 4 is 10.0 Å². The number of hydrogen-bond acceptors (Lipinski definition) is 3. The molecule has 5 heteroatoms. The Bertz CT molecular complexity index is 636. The highest BCUT2D eigenvalue weighted by atomic mass is 32.2. The summed E-state index contributed by atoms with van der Waals surface area (Å²) in [6, 6.07) is 4.01. The highest BCUT2D eigenvalue weighted by molar-refractivity contribution is 7.89. The van der Waals surface area contributed by atoms with Gasteiger partial charge in [-0.05, 0) is 42.9 Å². The van der Waals surface area contributed by atoms with Crippen LogP contribution in [0, 0.1) is 13.8 Å². The van der Waals surface area contributed by atoms with E-state index in [1.165, 1.54) is 0 Å². The van der Waals surface area contributed by atoms with Crippen LogP contribution in [0.3, 0.4) is 0 Å². The second-order valence-corrected chi connectivity index (χ2v) is 9.11. The molecule has 1 fully saturated rings. The quantitative estimate of drug-likeness (QED) is 0.840. The molecule has 0 N–H and O–H groups in total. The van der Waals surface area contributed by atoms with Gasteiger partial charge in [-0.25, -0.2) is 8.42 Å². The normalized spacial score (nSPS) is 21.1. The van der Waals surface area contributed by atoms with E-state index in [9.17, 15) is 8.42 Å². The molecular weight excluding hydrogens is 298 g/mol. The Kier molecular flexibility index (Phi) is 4.71. The summed E-state index contributed by atoms with van der Waals surface area (Å²) in [5, 5.41) is 0. The SMILES string of the molecule is Cc1cc(C(C)(C)C)cc(C)c1S(=O)(=O)N1CCOC(C)C1. The van der Waals surface area contributed by atoms with Gasteiger partial charge in [0.2, 0.25) is 10.0 Å². The first kappa shape index (κ1) is 17.4. The lowest BCUT2D eigenvalue weighted by molar-refractivity contribution is 0.0101. The molecule has 124 valence electrons. The molecule has 1 saturated heterocycles.